The van der Waals surface area contributed by atoms with Crippen LogP contribution in [0.1, 0.15) is 23.6 Å². The van der Waals surface area contributed by atoms with E-state index in [4.69, 9.17) is 0 Å². The number of hydrogen-bond donors (Lipinski definition) is 1. The maximum absolute atomic E-state index is 12.6. The van der Waals surface area contributed by atoms with Crippen LogP contribution in [0.15, 0.2) is 47.5 Å². The topological polar surface area (TPSA) is 82.9 Å². The Morgan fingerprint density at radius 2 is 2.04 bits per heavy atom. The number of nitrogens with zero attached hydrogens (tertiary/aromatic N) is 2. The summed E-state index contributed by atoms with van der Waals surface area (Å²) in [6, 6.07) is 10.7. The van der Waals surface area contributed by atoms with E-state index in [1.54, 1.807) is 30.3 Å². The van der Waals surface area contributed by atoms with E-state index < -0.39 is 28.7 Å². The Labute approximate surface area is 156 Å². The number of nitriles is 1. The molecule has 0 spiro atoms. The molecule has 0 saturated heterocycles. The van der Waals surface area contributed by atoms with Crippen molar-refractivity contribution >= 4 is 29.1 Å². The minimum atomic E-state index is -4.55. The number of nitrogens with one attached hydrogen (secondary N) is 1. The zero-order chi connectivity index (χ0) is 19.6. The summed E-state index contributed by atoms with van der Waals surface area (Å²) >= 11 is 1.21. The number of rotatable bonds is 4. The fourth-order valence-electron chi connectivity index (χ4n) is 2.57. The number of carbonyl (C=O) groups is 2. The molecule has 1 aliphatic rings. The van der Waals surface area contributed by atoms with E-state index in [-0.39, 0.29) is 18.0 Å². The van der Waals surface area contributed by atoms with Gasteiger partial charge in [0, 0.05) is 17.5 Å². The first kappa shape index (κ1) is 18.9. The Balaban J connectivity index is 1.74. The van der Waals surface area contributed by atoms with Crippen LogP contribution in [-0.4, -0.2) is 21.9 Å². The SMILES string of the molecule is N#CC(C(=O)CC1Sc2ccccc2NC1=O)c1ccc(C(F)(F)F)cn1. The molecule has 0 aliphatic carbocycles. The molecule has 1 amide bonds. The zero-order valence-electron chi connectivity index (χ0n) is 13.7. The molecule has 1 aromatic heterocycles. The number of carbonyl (C=O) groups excluding carboxylic acids is 2. The summed E-state index contributed by atoms with van der Waals surface area (Å²) in [5, 5.41) is 11.3. The van der Waals surface area contributed by atoms with Crippen LogP contribution in [0.4, 0.5) is 18.9 Å². The third kappa shape index (κ3) is 4.11. The summed E-state index contributed by atoms with van der Waals surface area (Å²) in [6.45, 7) is 0. The van der Waals surface area contributed by atoms with Crippen molar-refractivity contribution in [2.45, 2.75) is 28.7 Å². The van der Waals surface area contributed by atoms with Crippen LogP contribution in [0.25, 0.3) is 0 Å². The normalized spacial score (nSPS) is 17.4. The average molecular weight is 391 g/mol. The Morgan fingerprint density at radius 3 is 2.67 bits per heavy atom. The van der Waals surface area contributed by atoms with Gasteiger partial charge in [-0.3, -0.25) is 14.6 Å². The quantitative estimate of drug-likeness (QED) is 0.858. The van der Waals surface area contributed by atoms with Crippen molar-refractivity contribution < 1.29 is 22.8 Å². The smallest absolute Gasteiger partial charge is 0.324 e. The summed E-state index contributed by atoms with van der Waals surface area (Å²) in [5.41, 5.74) is -0.385. The number of Topliss-reactive ketones (excluding diaryl/α,β-unsaturated/α-hetero) is 1. The number of halogens is 3. The number of thioether (sulfide) groups is 1. The van der Waals surface area contributed by atoms with Crippen molar-refractivity contribution in [1.82, 2.24) is 4.98 Å². The Bertz CT molecular complexity index is 923. The van der Waals surface area contributed by atoms with Crippen molar-refractivity contribution in [2.24, 2.45) is 0 Å². The molecule has 0 saturated carbocycles. The largest absolute Gasteiger partial charge is 0.417 e. The maximum atomic E-state index is 12.6. The van der Waals surface area contributed by atoms with Gasteiger partial charge in [-0.15, -0.1) is 11.8 Å². The zero-order valence-corrected chi connectivity index (χ0v) is 14.5. The van der Waals surface area contributed by atoms with Gasteiger partial charge in [-0.1, -0.05) is 12.1 Å². The van der Waals surface area contributed by atoms with E-state index in [0.29, 0.717) is 11.9 Å². The first-order chi connectivity index (χ1) is 12.8. The molecule has 2 atom stereocenters. The molecule has 1 N–H and O–H groups in total. The van der Waals surface area contributed by atoms with Crippen LogP contribution < -0.4 is 5.32 Å². The number of hydrogen-bond acceptors (Lipinski definition) is 5. The van der Waals surface area contributed by atoms with Gasteiger partial charge in [0.25, 0.3) is 0 Å². The fourth-order valence-corrected chi connectivity index (χ4v) is 3.70. The second-order valence-electron chi connectivity index (χ2n) is 5.79. The van der Waals surface area contributed by atoms with E-state index in [1.165, 1.54) is 11.8 Å². The van der Waals surface area contributed by atoms with Crippen molar-refractivity contribution in [3.05, 3.63) is 53.9 Å². The number of para-hydroxylation sites is 1. The first-order valence-electron chi connectivity index (χ1n) is 7.81. The van der Waals surface area contributed by atoms with Crippen molar-refractivity contribution in [3.63, 3.8) is 0 Å². The molecule has 2 aromatic rings. The molecule has 1 aromatic carbocycles. The molecule has 3 rings (SSSR count). The summed E-state index contributed by atoms with van der Waals surface area (Å²) in [4.78, 5) is 29.1. The summed E-state index contributed by atoms with van der Waals surface area (Å²) in [7, 11) is 0. The lowest BCUT2D eigenvalue weighted by atomic mass is 9.97. The van der Waals surface area contributed by atoms with Crippen molar-refractivity contribution in [1.29, 1.82) is 5.26 Å². The predicted octanol–water partition coefficient (Wildman–Crippen LogP) is 3.78. The summed E-state index contributed by atoms with van der Waals surface area (Å²) < 4.78 is 37.8. The lowest BCUT2D eigenvalue weighted by Gasteiger charge is -2.24. The minimum absolute atomic E-state index is 0.0721. The minimum Gasteiger partial charge on any atom is -0.324 e. The van der Waals surface area contributed by atoms with Crippen LogP contribution in [-0.2, 0) is 15.8 Å². The Hall–Kier alpha value is -2.86. The number of alkyl halides is 3. The molecule has 0 radical (unpaired) electrons. The first-order valence-corrected chi connectivity index (χ1v) is 8.69. The standard InChI is InChI=1S/C18H12F3N3O2S/c19-18(20,21)10-5-6-12(23-9-10)11(8-22)14(25)7-16-17(26)24-13-3-1-2-4-15(13)27-16/h1-6,9,11,16H,7H2,(H,24,26). The summed E-state index contributed by atoms with van der Waals surface area (Å²) in [6.07, 6.45) is -4.20. The number of pyridine rings is 1. The number of benzene rings is 1. The highest BCUT2D eigenvalue weighted by molar-refractivity contribution is 8.01. The number of amides is 1. The lowest BCUT2D eigenvalue weighted by molar-refractivity contribution is -0.137. The third-order valence-electron chi connectivity index (χ3n) is 3.95. The van der Waals surface area contributed by atoms with Crippen LogP contribution in [0, 0.1) is 11.3 Å². The molecule has 0 fully saturated rings. The Morgan fingerprint density at radius 1 is 1.30 bits per heavy atom. The highest BCUT2D eigenvalue weighted by atomic mass is 32.2. The molecule has 2 heterocycles. The van der Waals surface area contributed by atoms with Crippen molar-refractivity contribution in [2.75, 3.05) is 5.32 Å². The number of fused-ring (bicyclic) bond motifs is 1. The van der Waals surface area contributed by atoms with Crippen LogP contribution in [0.2, 0.25) is 0 Å². The fraction of sp³-hybridized carbons (Fsp3) is 0.222. The highest BCUT2D eigenvalue weighted by Gasteiger charge is 2.34. The van der Waals surface area contributed by atoms with Gasteiger partial charge in [0.2, 0.25) is 5.91 Å². The molecule has 9 heteroatoms. The predicted molar refractivity (Wildman–Crippen MR) is 91.9 cm³/mol. The van der Waals surface area contributed by atoms with Gasteiger partial charge in [0.1, 0.15) is 5.92 Å². The van der Waals surface area contributed by atoms with Crippen LogP contribution in [0.5, 0.6) is 0 Å². The summed E-state index contributed by atoms with van der Waals surface area (Å²) in [5.74, 6) is -2.27. The molecule has 0 bridgehead atoms. The molecule has 2 unspecified atom stereocenters. The van der Waals surface area contributed by atoms with Gasteiger partial charge in [-0.05, 0) is 24.3 Å². The Kier molecular flexibility index (Phi) is 5.19. The molecule has 27 heavy (non-hydrogen) atoms. The molecular weight excluding hydrogens is 379 g/mol. The van der Waals surface area contributed by atoms with Gasteiger partial charge < -0.3 is 5.32 Å². The third-order valence-corrected chi connectivity index (χ3v) is 5.23. The van der Waals surface area contributed by atoms with Gasteiger partial charge in [-0.25, -0.2) is 0 Å². The van der Waals surface area contributed by atoms with E-state index in [2.05, 4.69) is 10.3 Å². The van der Waals surface area contributed by atoms with Crippen molar-refractivity contribution in [3.8, 4) is 6.07 Å². The van der Waals surface area contributed by atoms with Crippen LogP contribution in [0.3, 0.4) is 0 Å². The number of aromatic nitrogens is 1. The molecule has 138 valence electrons. The molecule has 5 nitrogen and oxygen atoms in total. The average Bonchev–Trinajstić information content (AvgIpc) is 2.62. The van der Waals surface area contributed by atoms with E-state index in [0.717, 1.165) is 17.0 Å². The van der Waals surface area contributed by atoms with Gasteiger partial charge >= 0.3 is 6.18 Å². The van der Waals surface area contributed by atoms with Gasteiger partial charge in [-0.2, -0.15) is 18.4 Å². The lowest BCUT2D eigenvalue weighted by Crippen LogP contribution is -2.32. The second-order valence-corrected chi connectivity index (χ2v) is 7.04. The molecular formula is C18H12F3N3O2S. The molecule has 1 aliphatic heterocycles. The monoisotopic (exact) mass is 391 g/mol. The van der Waals surface area contributed by atoms with Gasteiger partial charge in [0.15, 0.2) is 5.78 Å². The van der Waals surface area contributed by atoms with Gasteiger partial charge in [0.05, 0.1) is 28.3 Å². The maximum Gasteiger partial charge on any atom is 0.417 e. The van der Waals surface area contributed by atoms with E-state index in [1.807, 2.05) is 0 Å². The number of anilines is 1. The van der Waals surface area contributed by atoms with E-state index in [9.17, 15) is 28.0 Å². The van der Waals surface area contributed by atoms with Crippen LogP contribution >= 0.6 is 11.8 Å². The van der Waals surface area contributed by atoms with E-state index >= 15 is 0 Å². The second kappa shape index (κ2) is 7.40. The highest BCUT2D eigenvalue weighted by Crippen LogP contribution is 2.37. The number of ketones is 1.